The molecule has 1 aromatic heterocycles. The molecule has 0 unspecified atom stereocenters. The van der Waals surface area contributed by atoms with Crippen molar-refractivity contribution in [1.29, 1.82) is 0 Å². The van der Waals surface area contributed by atoms with E-state index in [2.05, 4.69) is 31.7 Å². The lowest BCUT2D eigenvalue weighted by atomic mass is 9.92. The maximum atomic E-state index is 12.7. The van der Waals surface area contributed by atoms with E-state index in [0.717, 1.165) is 69.7 Å². The average molecular weight is 345 g/mol. The van der Waals surface area contributed by atoms with Crippen molar-refractivity contribution in [2.24, 2.45) is 5.92 Å². The van der Waals surface area contributed by atoms with Gasteiger partial charge in [0.1, 0.15) is 0 Å². The number of hydrogen-bond donors (Lipinski definition) is 0. The maximum absolute atomic E-state index is 12.7. The van der Waals surface area contributed by atoms with Gasteiger partial charge >= 0.3 is 0 Å². The Morgan fingerprint density at radius 1 is 1.12 bits per heavy atom. The van der Waals surface area contributed by atoms with Crippen LogP contribution in [0.1, 0.15) is 37.1 Å². The maximum Gasteiger partial charge on any atom is 0.239 e. The van der Waals surface area contributed by atoms with E-state index in [4.69, 9.17) is 0 Å². The summed E-state index contributed by atoms with van der Waals surface area (Å²) >= 11 is 0. The molecule has 25 heavy (non-hydrogen) atoms. The van der Waals surface area contributed by atoms with Crippen LogP contribution in [-0.2, 0) is 17.8 Å². The van der Waals surface area contributed by atoms with Crippen molar-refractivity contribution < 1.29 is 4.79 Å². The molecule has 0 aliphatic carbocycles. The lowest BCUT2D eigenvalue weighted by Gasteiger charge is -2.34. The molecule has 1 amide bonds. The Morgan fingerprint density at radius 2 is 1.80 bits per heavy atom. The Morgan fingerprint density at radius 3 is 2.36 bits per heavy atom. The molecule has 2 fully saturated rings. The fourth-order valence-electron chi connectivity index (χ4n) is 3.98. The van der Waals surface area contributed by atoms with Crippen molar-refractivity contribution in [3.8, 4) is 0 Å². The van der Waals surface area contributed by atoms with Crippen molar-refractivity contribution in [3.05, 3.63) is 23.8 Å². The first kappa shape index (κ1) is 18.3. The monoisotopic (exact) mass is 345 g/mol. The Labute approximate surface area is 151 Å². The molecule has 2 saturated heterocycles. The van der Waals surface area contributed by atoms with Crippen LogP contribution in [0.4, 0.5) is 0 Å². The second-order valence-electron chi connectivity index (χ2n) is 7.85. The number of carbonyl (C=O) groups excluding carboxylic acids is 1. The topological polar surface area (TPSA) is 52.6 Å². The van der Waals surface area contributed by atoms with E-state index in [1.54, 1.807) is 0 Å². The molecule has 2 aliphatic rings. The minimum atomic E-state index is 0.117. The highest BCUT2D eigenvalue weighted by Crippen LogP contribution is 2.24. The molecule has 3 heterocycles. The molecule has 3 rings (SSSR count). The van der Waals surface area contributed by atoms with Gasteiger partial charge in [-0.05, 0) is 65.7 Å². The van der Waals surface area contributed by atoms with Crippen molar-refractivity contribution in [1.82, 2.24) is 24.7 Å². The van der Waals surface area contributed by atoms with Crippen molar-refractivity contribution in [2.45, 2.75) is 44.7 Å². The van der Waals surface area contributed by atoms with E-state index in [1.165, 1.54) is 0 Å². The minimum absolute atomic E-state index is 0.117. The highest BCUT2D eigenvalue weighted by molar-refractivity contribution is 5.82. The zero-order valence-electron chi connectivity index (χ0n) is 15.8. The van der Waals surface area contributed by atoms with Gasteiger partial charge in [-0.25, -0.2) is 0 Å². The van der Waals surface area contributed by atoms with E-state index < -0.39 is 0 Å². The second-order valence-corrected chi connectivity index (χ2v) is 7.85. The second kappa shape index (κ2) is 8.23. The molecule has 0 radical (unpaired) electrons. The fraction of sp³-hybridized carbons (Fsp3) is 0.737. The van der Waals surface area contributed by atoms with Crippen molar-refractivity contribution in [2.75, 3.05) is 40.8 Å². The standard InChI is InChI=1S/C19H31N5O/c1-22(2)14-17-13-20-16(12-21-17)11-15-6-9-24(10-7-15)19(25)18-5-4-8-23(18)3/h12-13,15,18H,4-11,14H2,1-3H3/t18-/m0/s1. The van der Waals surface area contributed by atoms with E-state index in [-0.39, 0.29) is 6.04 Å². The largest absolute Gasteiger partial charge is 0.341 e. The van der Waals surface area contributed by atoms with Crippen LogP contribution in [0.15, 0.2) is 12.4 Å². The fourth-order valence-corrected chi connectivity index (χ4v) is 3.98. The number of hydrogen-bond acceptors (Lipinski definition) is 5. The van der Waals surface area contributed by atoms with Crippen molar-refractivity contribution >= 4 is 5.91 Å². The number of aromatic nitrogens is 2. The van der Waals surface area contributed by atoms with Gasteiger partial charge < -0.3 is 9.80 Å². The highest BCUT2D eigenvalue weighted by atomic mass is 16.2. The summed E-state index contributed by atoms with van der Waals surface area (Å²) in [6.07, 6.45) is 9.09. The van der Waals surface area contributed by atoms with Crippen LogP contribution in [-0.4, -0.2) is 77.4 Å². The molecule has 0 N–H and O–H groups in total. The first-order valence-electron chi connectivity index (χ1n) is 9.46. The van der Waals surface area contributed by atoms with Gasteiger partial charge in [0.05, 0.1) is 23.6 Å². The number of likely N-dealkylation sites (tertiary alicyclic amines) is 2. The summed E-state index contributed by atoms with van der Waals surface area (Å²) < 4.78 is 0. The van der Waals surface area contributed by atoms with Crippen LogP contribution in [0.5, 0.6) is 0 Å². The number of nitrogens with zero attached hydrogens (tertiary/aromatic N) is 5. The van der Waals surface area contributed by atoms with Gasteiger partial charge in [0.15, 0.2) is 0 Å². The molecule has 138 valence electrons. The molecular weight excluding hydrogens is 314 g/mol. The smallest absolute Gasteiger partial charge is 0.239 e. The number of amides is 1. The lowest BCUT2D eigenvalue weighted by Crippen LogP contribution is -2.47. The summed E-state index contributed by atoms with van der Waals surface area (Å²) in [6.45, 7) is 3.65. The normalized spacial score (nSPS) is 22.7. The van der Waals surface area contributed by atoms with Crippen molar-refractivity contribution in [3.63, 3.8) is 0 Å². The molecule has 0 aromatic carbocycles. The molecule has 0 bridgehead atoms. The van der Waals surface area contributed by atoms with E-state index in [0.29, 0.717) is 11.8 Å². The van der Waals surface area contributed by atoms with Crippen LogP contribution in [0.25, 0.3) is 0 Å². The average Bonchev–Trinajstić information content (AvgIpc) is 3.02. The summed E-state index contributed by atoms with van der Waals surface area (Å²) in [6, 6.07) is 0.117. The summed E-state index contributed by atoms with van der Waals surface area (Å²) in [5.74, 6) is 0.950. The van der Waals surface area contributed by atoms with Gasteiger partial charge in [-0.2, -0.15) is 0 Å². The van der Waals surface area contributed by atoms with Crippen LogP contribution in [0, 0.1) is 5.92 Å². The van der Waals surface area contributed by atoms with Gasteiger partial charge in [0, 0.05) is 25.8 Å². The quantitative estimate of drug-likeness (QED) is 0.808. The summed E-state index contributed by atoms with van der Waals surface area (Å²) in [5.41, 5.74) is 2.08. The lowest BCUT2D eigenvalue weighted by molar-refractivity contribution is -0.137. The summed E-state index contributed by atoms with van der Waals surface area (Å²) in [5, 5.41) is 0. The van der Waals surface area contributed by atoms with Crippen LogP contribution in [0.3, 0.4) is 0 Å². The highest BCUT2D eigenvalue weighted by Gasteiger charge is 2.33. The zero-order chi connectivity index (χ0) is 17.8. The molecule has 1 aromatic rings. The zero-order valence-corrected chi connectivity index (χ0v) is 15.8. The van der Waals surface area contributed by atoms with Gasteiger partial charge in [0.25, 0.3) is 0 Å². The number of piperidine rings is 1. The van der Waals surface area contributed by atoms with Gasteiger partial charge in [-0.15, -0.1) is 0 Å². The number of rotatable bonds is 5. The summed E-state index contributed by atoms with van der Waals surface area (Å²) in [7, 11) is 6.14. The van der Waals surface area contributed by atoms with E-state index in [9.17, 15) is 4.79 Å². The third kappa shape index (κ3) is 4.76. The van der Waals surface area contributed by atoms with Gasteiger partial charge in [-0.1, -0.05) is 0 Å². The molecule has 0 saturated carbocycles. The third-order valence-electron chi connectivity index (χ3n) is 5.47. The first-order valence-corrected chi connectivity index (χ1v) is 9.46. The molecule has 2 aliphatic heterocycles. The number of carbonyl (C=O) groups is 1. The molecule has 6 nitrogen and oxygen atoms in total. The molecule has 6 heteroatoms. The Bertz CT molecular complexity index is 566. The Kier molecular flexibility index (Phi) is 6.02. The Balaban J connectivity index is 1.47. The summed E-state index contributed by atoms with van der Waals surface area (Å²) in [4.78, 5) is 28.1. The third-order valence-corrected chi connectivity index (χ3v) is 5.47. The first-order chi connectivity index (χ1) is 12.0. The molecule has 0 spiro atoms. The van der Waals surface area contributed by atoms with Gasteiger partial charge in [-0.3, -0.25) is 19.7 Å². The minimum Gasteiger partial charge on any atom is -0.341 e. The van der Waals surface area contributed by atoms with Crippen LogP contribution in [0.2, 0.25) is 0 Å². The van der Waals surface area contributed by atoms with Crippen LogP contribution < -0.4 is 0 Å². The molecule has 1 atom stereocenters. The van der Waals surface area contributed by atoms with Gasteiger partial charge in [0.2, 0.25) is 5.91 Å². The predicted molar refractivity (Wildman–Crippen MR) is 98.1 cm³/mol. The van der Waals surface area contributed by atoms with E-state index in [1.807, 2.05) is 26.5 Å². The Hall–Kier alpha value is -1.53. The predicted octanol–water partition coefficient (Wildman–Crippen LogP) is 1.41. The molecular formula is C19H31N5O. The number of likely N-dealkylation sites (N-methyl/N-ethyl adjacent to an activating group) is 1. The SMILES string of the molecule is CN(C)Cc1cnc(CC2CCN(C(=O)[C@@H]3CCCN3C)CC2)cn1. The van der Waals surface area contributed by atoms with Crippen LogP contribution >= 0.6 is 0 Å². The van der Waals surface area contributed by atoms with E-state index >= 15 is 0 Å².